The molecule has 0 amide bonds. The van der Waals surface area contributed by atoms with Crippen LogP contribution in [-0.2, 0) is 0 Å². The van der Waals surface area contributed by atoms with E-state index in [-0.39, 0.29) is 0 Å². The molecule has 0 bridgehead atoms. The van der Waals surface area contributed by atoms with Gasteiger partial charge in [0.1, 0.15) is 17.1 Å². The second-order valence-corrected chi connectivity index (χ2v) is 9.86. The average molecular weight is 540 g/mol. The fourth-order valence-corrected chi connectivity index (χ4v) is 5.32. The van der Waals surface area contributed by atoms with Crippen LogP contribution in [0, 0.1) is 0 Å². The maximum atomic E-state index is 5.09. The standard InChI is InChI=1S/C35H21N7/c1-2-10-24-22(9-1)15-17-26-31(24)25-11-3-4-12-27(25)39-32(26)23-16-18-30(38-21-23)35-41-33(28-13-5-7-19-36-28)40-34(42-35)29-14-6-8-20-37-29/h1-21H. The van der Waals surface area contributed by atoms with Gasteiger partial charge in [-0.1, -0.05) is 66.7 Å². The molecule has 196 valence electrons. The summed E-state index contributed by atoms with van der Waals surface area (Å²) in [5, 5.41) is 5.80. The van der Waals surface area contributed by atoms with Crippen molar-refractivity contribution in [3.05, 3.63) is 128 Å². The lowest BCUT2D eigenvalue weighted by atomic mass is 9.95. The third-order valence-electron chi connectivity index (χ3n) is 7.28. The summed E-state index contributed by atoms with van der Waals surface area (Å²) in [5.41, 5.74) is 4.65. The third kappa shape index (κ3) is 4.12. The SMILES string of the molecule is c1ccc(-c2nc(-c3ccccn3)nc(-c3ccc(-c4nc5ccccc5c5c4ccc4ccccc45)cn3)n2)nc1. The molecule has 8 aromatic rings. The lowest BCUT2D eigenvalue weighted by Crippen LogP contribution is -2.02. The summed E-state index contributed by atoms with van der Waals surface area (Å²) in [6.45, 7) is 0. The van der Waals surface area contributed by atoms with Gasteiger partial charge < -0.3 is 0 Å². The van der Waals surface area contributed by atoms with Crippen molar-refractivity contribution >= 4 is 32.4 Å². The van der Waals surface area contributed by atoms with Crippen molar-refractivity contribution in [2.45, 2.75) is 0 Å². The minimum atomic E-state index is 0.445. The van der Waals surface area contributed by atoms with Gasteiger partial charge in [0.25, 0.3) is 0 Å². The molecule has 0 fully saturated rings. The Bertz CT molecular complexity index is 2160. The van der Waals surface area contributed by atoms with Gasteiger partial charge in [0, 0.05) is 40.3 Å². The molecule has 0 aliphatic rings. The fourth-order valence-electron chi connectivity index (χ4n) is 5.32. The van der Waals surface area contributed by atoms with Gasteiger partial charge in [-0.25, -0.2) is 19.9 Å². The van der Waals surface area contributed by atoms with Crippen molar-refractivity contribution < 1.29 is 0 Å². The highest BCUT2D eigenvalue weighted by Crippen LogP contribution is 2.37. The minimum absolute atomic E-state index is 0.445. The first-order valence-corrected chi connectivity index (χ1v) is 13.6. The molecule has 0 unspecified atom stereocenters. The van der Waals surface area contributed by atoms with E-state index in [9.17, 15) is 0 Å². The van der Waals surface area contributed by atoms with Crippen molar-refractivity contribution in [2.75, 3.05) is 0 Å². The molecule has 42 heavy (non-hydrogen) atoms. The smallest absolute Gasteiger partial charge is 0.182 e. The van der Waals surface area contributed by atoms with E-state index in [4.69, 9.17) is 19.9 Å². The molecule has 0 N–H and O–H groups in total. The topological polar surface area (TPSA) is 90.2 Å². The first-order valence-electron chi connectivity index (χ1n) is 13.6. The van der Waals surface area contributed by atoms with Crippen LogP contribution in [0.4, 0.5) is 0 Å². The van der Waals surface area contributed by atoms with Crippen LogP contribution in [0.25, 0.3) is 78.3 Å². The van der Waals surface area contributed by atoms with Crippen molar-refractivity contribution in [1.29, 1.82) is 0 Å². The molecule has 0 saturated carbocycles. The van der Waals surface area contributed by atoms with Crippen molar-refractivity contribution in [3.8, 4) is 45.8 Å². The zero-order valence-corrected chi connectivity index (χ0v) is 22.3. The highest BCUT2D eigenvalue weighted by atomic mass is 15.1. The van der Waals surface area contributed by atoms with Gasteiger partial charge in [-0.3, -0.25) is 15.0 Å². The maximum absolute atomic E-state index is 5.09. The Morgan fingerprint density at radius 1 is 0.405 bits per heavy atom. The second kappa shape index (κ2) is 9.91. The van der Waals surface area contributed by atoms with Gasteiger partial charge in [-0.15, -0.1) is 0 Å². The predicted molar refractivity (Wildman–Crippen MR) is 165 cm³/mol. The van der Waals surface area contributed by atoms with Crippen LogP contribution >= 0.6 is 0 Å². The lowest BCUT2D eigenvalue weighted by molar-refractivity contribution is 1.03. The summed E-state index contributed by atoms with van der Waals surface area (Å²) in [6.07, 6.45) is 5.28. The number of hydrogen-bond acceptors (Lipinski definition) is 7. The van der Waals surface area contributed by atoms with Crippen LogP contribution in [0.1, 0.15) is 0 Å². The quantitative estimate of drug-likeness (QED) is 0.213. The van der Waals surface area contributed by atoms with Gasteiger partial charge in [-0.2, -0.15) is 0 Å². The number of para-hydroxylation sites is 1. The molecule has 0 aliphatic heterocycles. The maximum Gasteiger partial charge on any atom is 0.182 e. The number of benzene rings is 3. The Hall–Kier alpha value is -5.95. The average Bonchev–Trinajstić information content (AvgIpc) is 3.08. The molecule has 7 heteroatoms. The Kier molecular flexibility index (Phi) is 5.64. The molecule has 0 spiro atoms. The Morgan fingerprint density at radius 3 is 1.67 bits per heavy atom. The lowest BCUT2D eigenvalue weighted by Gasteiger charge is -2.13. The van der Waals surface area contributed by atoms with Crippen molar-refractivity contribution in [1.82, 2.24) is 34.9 Å². The molecule has 5 heterocycles. The molecular formula is C35H21N7. The van der Waals surface area contributed by atoms with Gasteiger partial charge in [0.2, 0.25) is 0 Å². The number of pyridine rings is 4. The van der Waals surface area contributed by atoms with Crippen LogP contribution in [0.5, 0.6) is 0 Å². The van der Waals surface area contributed by atoms with Gasteiger partial charge >= 0.3 is 0 Å². The van der Waals surface area contributed by atoms with Crippen molar-refractivity contribution in [2.24, 2.45) is 0 Å². The highest BCUT2D eigenvalue weighted by molar-refractivity contribution is 6.22. The third-order valence-corrected chi connectivity index (χ3v) is 7.28. The summed E-state index contributed by atoms with van der Waals surface area (Å²) < 4.78 is 0. The molecule has 0 aliphatic carbocycles. The van der Waals surface area contributed by atoms with E-state index in [0.717, 1.165) is 27.5 Å². The summed E-state index contributed by atoms with van der Waals surface area (Å²) >= 11 is 0. The van der Waals surface area contributed by atoms with Crippen LogP contribution in [0.15, 0.2) is 128 Å². The normalized spacial score (nSPS) is 11.3. The summed E-state index contributed by atoms with van der Waals surface area (Å²) in [4.78, 5) is 32.9. The molecule has 8 rings (SSSR count). The van der Waals surface area contributed by atoms with Crippen LogP contribution < -0.4 is 0 Å². The second-order valence-electron chi connectivity index (χ2n) is 9.86. The van der Waals surface area contributed by atoms with Crippen LogP contribution in [0.2, 0.25) is 0 Å². The van der Waals surface area contributed by atoms with Gasteiger partial charge in [0.15, 0.2) is 17.5 Å². The van der Waals surface area contributed by atoms with E-state index in [1.54, 1.807) is 12.4 Å². The van der Waals surface area contributed by atoms with Gasteiger partial charge in [0.05, 0.1) is 11.2 Å². The molecule has 0 saturated heterocycles. The first kappa shape index (κ1) is 23.9. The van der Waals surface area contributed by atoms with E-state index >= 15 is 0 Å². The van der Waals surface area contributed by atoms with E-state index in [2.05, 4.69) is 69.5 Å². The van der Waals surface area contributed by atoms with Crippen LogP contribution in [-0.4, -0.2) is 34.9 Å². The summed E-state index contributed by atoms with van der Waals surface area (Å²) in [6, 6.07) is 36.3. The number of rotatable bonds is 4. The summed E-state index contributed by atoms with van der Waals surface area (Å²) in [7, 11) is 0. The number of nitrogens with zero attached hydrogens (tertiary/aromatic N) is 7. The highest BCUT2D eigenvalue weighted by Gasteiger charge is 2.16. The number of hydrogen-bond donors (Lipinski definition) is 0. The molecule has 5 aromatic heterocycles. The molecule has 7 nitrogen and oxygen atoms in total. The monoisotopic (exact) mass is 539 g/mol. The minimum Gasteiger partial charge on any atom is -0.253 e. The number of aromatic nitrogens is 7. The Morgan fingerprint density at radius 2 is 1.02 bits per heavy atom. The number of fused-ring (bicyclic) bond motifs is 5. The van der Waals surface area contributed by atoms with E-state index in [1.165, 1.54) is 16.2 Å². The molecule has 3 aromatic carbocycles. The van der Waals surface area contributed by atoms with E-state index in [1.807, 2.05) is 60.8 Å². The predicted octanol–water partition coefficient (Wildman–Crippen LogP) is 7.58. The Balaban J connectivity index is 1.28. The van der Waals surface area contributed by atoms with E-state index < -0.39 is 0 Å². The zero-order chi connectivity index (χ0) is 27.9. The van der Waals surface area contributed by atoms with Crippen LogP contribution in [0.3, 0.4) is 0 Å². The molecule has 0 atom stereocenters. The Labute approximate surface area is 240 Å². The fraction of sp³-hybridized carbons (Fsp3) is 0. The largest absolute Gasteiger partial charge is 0.253 e. The molecule has 0 radical (unpaired) electrons. The first-order chi connectivity index (χ1) is 20.8. The van der Waals surface area contributed by atoms with Gasteiger partial charge in [-0.05, 0) is 53.2 Å². The zero-order valence-electron chi connectivity index (χ0n) is 22.3. The van der Waals surface area contributed by atoms with E-state index in [0.29, 0.717) is 34.6 Å². The molecular weight excluding hydrogens is 518 g/mol. The summed E-state index contributed by atoms with van der Waals surface area (Å²) in [5.74, 6) is 1.36. The van der Waals surface area contributed by atoms with Crippen molar-refractivity contribution in [3.63, 3.8) is 0 Å².